The van der Waals surface area contributed by atoms with Crippen LogP contribution in [-0.2, 0) is 0 Å². The van der Waals surface area contributed by atoms with Crippen LogP contribution in [0.4, 0.5) is 18.0 Å². The molecule has 5 heterocycles. The zero-order chi connectivity index (χ0) is 27.6. The van der Waals surface area contributed by atoms with Gasteiger partial charge in [-0.3, -0.25) is 0 Å². The molecule has 206 valence electrons. The molecule has 4 bridgehead atoms. The summed E-state index contributed by atoms with van der Waals surface area (Å²) in [4.78, 5) is 28.7. The highest BCUT2D eigenvalue weighted by atomic mass is 19.4. The van der Waals surface area contributed by atoms with Crippen LogP contribution in [0.5, 0.6) is 5.88 Å². The van der Waals surface area contributed by atoms with Crippen molar-refractivity contribution in [3.05, 3.63) is 54.8 Å². The molecule has 0 radical (unpaired) electrons. The number of ether oxygens (including phenoxy) is 1. The number of hydrogen-bond acceptors (Lipinski definition) is 6. The number of alkyl halides is 3. The number of carbonyl (C=O) groups is 1. The van der Waals surface area contributed by atoms with Gasteiger partial charge in [-0.05, 0) is 39.2 Å². The van der Waals surface area contributed by atoms with Crippen LogP contribution < -0.4 is 10.1 Å². The molecule has 0 aromatic carbocycles. The second-order valence-corrected chi connectivity index (χ2v) is 9.43. The van der Waals surface area contributed by atoms with E-state index >= 15 is 0 Å². The van der Waals surface area contributed by atoms with E-state index in [1.165, 1.54) is 6.26 Å². The van der Waals surface area contributed by atoms with Gasteiger partial charge in [-0.25, -0.2) is 19.7 Å². The number of halogens is 3. The number of aromatic nitrogens is 4. The summed E-state index contributed by atoms with van der Waals surface area (Å²) in [6.45, 7) is 4.26. The van der Waals surface area contributed by atoms with Crippen molar-refractivity contribution < 1.29 is 27.1 Å². The average Bonchev–Trinajstić information content (AvgIpc) is 3.57. The van der Waals surface area contributed by atoms with Crippen molar-refractivity contribution >= 4 is 22.8 Å². The van der Waals surface area contributed by atoms with Gasteiger partial charge >= 0.3 is 12.2 Å². The van der Waals surface area contributed by atoms with E-state index in [2.05, 4.69) is 10.3 Å². The predicted octanol–water partition coefficient (Wildman–Crippen LogP) is 6.07. The van der Waals surface area contributed by atoms with E-state index in [4.69, 9.17) is 19.1 Å². The van der Waals surface area contributed by atoms with Crippen molar-refractivity contribution in [1.29, 1.82) is 0 Å². The molecule has 0 saturated carbocycles. The predicted molar refractivity (Wildman–Crippen MR) is 138 cm³/mol. The first-order chi connectivity index (χ1) is 18.7. The third kappa shape index (κ3) is 5.84. The summed E-state index contributed by atoms with van der Waals surface area (Å²) >= 11 is 0. The van der Waals surface area contributed by atoms with Crippen molar-refractivity contribution in [2.24, 2.45) is 0 Å². The summed E-state index contributed by atoms with van der Waals surface area (Å²) in [5.74, 6) is 0.344. The van der Waals surface area contributed by atoms with Crippen molar-refractivity contribution in [2.75, 3.05) is 13.2 Å². The van der Waals surface area contributed by atoms with E-state index < -0.39 is 30.7 Å². The molecule has 1 aliphatic heterocycles. The highest BCUT2D eigenvalue weighted by molar-refractivity contribution is 5.89. The normalized spacial score (nSPS) is 20.0. The molecule has 0 spiro atoms. The molecule has 4 aromatic rings. The number of urea groups is 1. The standard InChI is InChI=1S/C27H29F3N6O3/c1-3-36-17(2)21-15-19(23-20(33-21)9-14-38-23)22-16-35-12-11-31-24(35)25(34-22)39-13-6-4-5-7-18(32-26(36)37)8-10-27(28,29)30/h4-5,9,11-12,14-18H,3,6-8,10,13H2,1-2H3,(H,32,37)/b5-4+/t17?,18-/m1/s1. The third-order valence-corrected chi connectivity index (χ3v) is 6.76. The fourth-order valence-corrected chi connectivity index (χ4v) is 4.71. The minimum atomic E-state index is -4.31. The quantitative estimate of drug-likeness (QED) is 0.316. The Bertz CT molecular complexity index is 1500. The zero-order valence-corrected chi connectivity index (χ0v) is 21.6. The van der Waals surface area contributed by atoms with Crippen molar-refractivity contribution in [3.63, 3.8) is 0 Å². The highest BCUT2D eigenvalue weighted by Gasteiger charge is 2.30. The summed E-state index contributed by atoms with van der Waals surface area (Å²) in [5, 5.41) is 2.81. The van der Waals surface area contributed by atoms with E-state index in [1.54, 1.807) is 29.4 Å². The van der Waals surface area contributed by atoms with Crippen LogP contribution in [0, 0.1) is 0 Å². The van der Waals surface area contributed by atoms with Crippen LogP contribution in [0.1, 0.15) is 51.3 Å². The molecule has 9 nitrogen and oxygen atoms in total. The Morgan fingerprint density at radius 1 is 1.23 bits per heavy atom. The lowest BCUT2D eigenvalue weighted by molar-refractivity contribution is -0.136. The second-order valence-electron chi connectivity index (χ2n) is 9.43. The largest absolute Gasteiger partial charge is 0.475 e. The summed E-state index contributed by atoms with van der Waals surface area (Å²) < 4.78 is 52.5. The molecule has 2 amide bonds. The van der Waals surface area contributed by atoms with Crippen LogP contribution >= 0.6 is 0 Å². The Morgan fingerprint density at radius 3 is 2.87 bits per heavy atom. The lowest BCUT2D eigenvalue weighted by Gasteiger charge is -2.30. The second kappa shape index (κ2) is 11.0. The Labute approximate surface area is 222 Å². The minimum absolute atomic E-state index is 0.223. The third-order valence-electron chi connectivity index (χ3n) is 6.76. The molecule has 0 fully saturated rings. The molecule has 0 aliphatic carbocycles. The van der Waals surface area contributed by atoms with Gasteiger partial charge in [0.05, 0.1) is 30.3 Å². The maximum Gasteiger partial charge on any atom is 0.389 e. The average molecular weight is 543 g/mol. The van der Waals surface area contributed by atoms with Gasteiger partial charge < -0.3 is 23.8 Å². The molecule has 1 unspecified atom stereocenters. The highest BCUT2D eigenvalue weighted by Crippen LogP contribution is 2.33. The maximum atomic E-state index is 13.3. The number of imidazole rings is 1. The molecular weight excluding hydrogens is 513 g/mol. The SMILES string of the molecule is CCN1C(=O)N[C@@H](CCC(F)(F)F)C/C=C/CCOc2nc(cn3ccnc23)-c2cc(nc3ccoc23)C1C. The van der Waals surface area contributed by atoms with Crippen LogP contribution in [0.2, 0.25) is 0 Å². The molecule has 12 heteroatoms. The van der Waals surface area contributed by atoms with Gasteiger partial charge in [0.1, 0.15) is 5.52 Å². The first-order valence-corrected chi connectivity index (χ1v) is 12.9. The number of rotatable bonds is 3. The lowest BCUT2D eigenvalue weighted by atomic mass is 10.1. The summed E-state index contributed by atoms with van der Waals surface area (Å²) in [7, 11) is 0. The van der Waals surface area contributed by atoms with E-state index in [-0.39, 0.29) is 19.4 Å². The number of amides is 2. The van der Waals surface area contributed by atoms with Crippen LogP contribution in [-0.4, -0.2) is 55.7 Å². The van der Waals surface area contributed by atoms with Gasteiger partial charge in [0, 0.05) is 49.2 Å². The summed E-state index contributed by atoms with van der Waals surface area (Å²) in [6, 6.07) is 1.93. The summed E-state index contributed by atoms with van der Waals surface area (Å²) in [6.07, 6.45) is 5.65. The number of furan rings is 1. The molecule has 1 aliphatic rings. The van der Waals surface area contributed by atoms with Crippen molar-refractivity contribution in [3.8, 4) is 17.1 Å². The lowest BCUT2D eigenvalue weighted by Crippen LogP contribution is -2.46. The minimum Gasteiger partial charge on any atom is -0.475 e. The number of nitrogens with one attached hydrogen (secondary N) is 1. The van der Waals surface area contributed by atoms with Crippen molar-refractivity contribution in [2.45, 2.75) is 57.8 Å². The smallest absolute Gasteiger partial charge is 0.389 e. The van der Waals surface area contributed by atoms with Crippen LogP contribution in [0.15, 0.2) is 53.6 Å². The Kier molecular flexibility index (Phi) is 7.45. The molecule has 1 N–H and O–H groups in total. The van der Waals surface area contributed by atoms with Gasteiger partial charge in [-0.1, -0.05) is 12.2 Å². The number of pyridine rings is 1. The Hall–Kier alpha value is -4.09. The molecule has 4 aromatic heterocycles. The molecule has 5 rings (SSSR count). The number of nitrogens with zero attached hydrogens (tertiary/aromatic N) is 5. The fourth-order valence-electron chi connectivity index (χ4n) is 4.71. The van der Waals surface area contributed by atoms with Gasteiger partial charge in [0.2, 0.25) is 5.65 Å². The van der Waals surface area contributed by atoms with E-state index in [0.717, 1.165) is 0 Å². The zero-order valence-electron chi connectivity index (χ0n) is 21.6. The van der Waals surface area contributed by atoms with Crippen LogP contribution in [0.3, 0.4) is 0 Å². The van der Waals surface area contributed by atoms with Gasteiger partial charge in [0.25, 0.3) is 5.88 Å². The topological polar surface area (TPSA) is 97.8 Å². The summed E-state index contributed by atoms with van der Waals surface area (Å²) in [5.41, 5.74) is 3.50. The van der Waals surface area contributed by atoms with E-state index in [9.17, 15) is 18.0 Å². The van der Waals surface area contributed by atoms with Gasteiger partial charge in [0.15, 0.2) is 5.58 Å². The van der Waals surface area contributed by atoms with E-state index in [1.807, 2.05) is 36.6 Å². The maximum absolute atomic E-state index is 13.3. The molecule has 39 heavy (non-hydrogen) atoms. The van der Waals surface area contributed by atoms with Gasteiger partial charge in [-0.15, -0.1) is 0 Å². The molecule has 0 saturated heterocycles. The first kappa shape index (κ1) is 26.5. The monoisotopic (exact) mass is 542 g/mol. The number of fused-ring (bicyclic) bond motifs is 9. The first-order valence-electron chi connectivity index (χ1n) is 12.9. The Balaban J connectivity index is 1.58. The van der Waals surface area contributed by atoms with Gasteiger partial charge in [-0.2, -0.15) is 13.2 Å². The van der Waals surface area contributed by atoms with Crippen molar-refractivity contribution in [1.82, 2.24) is 29.6 Å². The molecular formula is C27H29F3N6O3. The number of carbonyl (C=O) groups excluding carboxylic acids is 1. The number of hydrogen-bond donors (Lipinski definition) is 1. The van der Waals surface area contributed by atoms with E-state index in [0.29, 0.717) is 52.5 Å². The fraction of sp³-hybridized carbons (Fsp3) is 0.407. The Morgan fingerprint density at radius 2 is 2.08 bits per heavy atom. The van der Waals surface area contributed by atoms with Crippen LogP contribution in [0.25, 0.3) is 28.0 Å². The molecule has 2 atom stereocenters.